The largest absolute Gasteiger partial charge is 0.505 e. The highest BCUT2D eigenvalue weighted by atomic mass is 16.3. The first-order valence-electron chi connectivity index (χ1n) is 6.57. The van der Waals surface area contributed by atoms with Gasteiger partial charge in [0, 0.05) is 6.20 Å². The lowest BCUT2D eigenvalue weighted by atomic mass is 9.96. The summed E-state index contributed by atoms with van der Waals surface area (Å²) in [7, 11) is 0. The zero-order chi connectivity index (χ0) is 12.4. The second-order valence-corrected chi connectivity index (χ2v) is 4.98. The van der Waals surface area contributed by atoms with Gasteiger partial charge in [-0.25, -0.2) is 0 Å². The Bertz CT molecular complexity index is 511. The van der Waals surface area contributed by atoms with Crippen LogP contribution in [0.2, 0.25) is 0 Å². The molecular formula is C13H18N4O. The molecule has 0 unspecified atom stereocenters. The van der Waals surface area contributed by atoms with Gasteiger partial charge >= 0.3 is 0 Å². The molecule has 0 amide bonds. The summed E-state index contributed by atoms with van der Waals surface area (Å²) in [6, 6.07) is 2.60. The summed E-state index contributed by atoms with van der Waals surface area (Å²) in [6.45, 7) is 0.611. The highest BCUT2D eigenvalue weighted by Crippen LogP contribution is 2.27. The van der Waals surface area contributed by atoms with Gasteiger partial charge in [-0.15, -0.1) is 0 Å². The minimum Gasteiger partial charge on any atom is -0.505 e. The molecule has 1 saturated carbocycles. The van der Waals surface area contributed by atoms with Crippen LogP contribution in [-0.2, 0) is 6.54 Å². The topological polar surface area (TPSA) is 55.9 Å². The molecular weight excluding hydrogens is 228 g/mol. The smallest absolute Gasteiger partial charge is 0.153 e. The highest BCUT2D eigenvalue weighted by Gasteiger charge is 2.16. The highest BCUT2D eigenvalue weighted by molar-refractivity contribution is 5.10. The van der Waals surface area contributed by atoms with Crippen molar-refractivity contribution in [3.8, 4) is 5.75 Å². The maximum absolute atomic E-state index is 9.23. The van der Waals surface area contributed by atoms with Gasteiger partial charge in [-0.1, -0.05) is 19.3 Å². The molecule has 2 heterocycles. The molecule has 0 atom stereocenters. The van der Waals surface area contributed by atoms with E-state index in [4.69, 9.17) is 0 Å². The van der Waals surface area contributed by atoms with Gasteiger partial charge < -0.3 is 5.11 Å². The van der Waals surface area contributed by atoms with E-state index in [2.05, 4.69) is 21.1 Å². The number of rotatable bonds is 3. The van der Waals surface area contributed by atoms with E-state index >= 15 is 0 Å². The van der Waals surface area contributed by atoms with Crippen LogP contribution in [-0.4, -0.2) is 24.7 Å². The lowest BCUT2D eigenvalue weighted by Crippen LogP contribution is -2.13. The molecule has 1 aliphatic carbocycles. The van der Waals surface area contributed by atoms with Crippen molar-refractivity contribution in [3.05, 3.63) is 30.4 Å². The zero-order valence-electron chi connectivity index (χ0n) is 10.4. The Morgan fingerprint density at radius 2 is 2.11 bits per heavy atom. The minimum absolute atomic E-state index is 0.196. The van der Waals surface area contributed by atoms with Gasteiger partial charge in [-0.05, 0) is 18.9 Å². The summed E-state index contributed by atoms with van der Waals surface area (Å²) < 4.78 is 3.79. The van der Waals surface area contributed by atoms with Crippen LogP contribution in [0.15, 0.2) is 24.7 Å². The first-order chi connectivity index (χ1) is 8.81. The van der Waals surface area contributed by atoms with E-state index in [1.807, 2.05) is 6.07 Å². The quantitative estimate of drug-likeness (QED) is 0.904. The lowest BCUT2D eigenvalue weighted by Gasteiger charge is -2.21. The SMILES string of the molecule is Oc1cnn(Cc2ccn(C3CCCCC3)n2)c1. The van der Waals surface area contributed by atoms with Crippen LogP contribution >= 0.6 is 0 Å². The van der Waals surface area contributed by atoms with Crippen molar-refractivity contribution in [1.29, 1.82) is 0 Å². The van der Waals surface area contributed by atoms with E-state index in [1.165, 1.54) is 38.3 Å². The molecule has 0 aromatic carbocycles. The molecule has 1 aliphatic rings. The van der Waals surface area contributed by atoms with Crippen molar-refractivity contribution < 1.29 is 5.11 Å². The first-order valence-corrected chi connectivity index (χ1v) is 6.57. The van der Waals surface area contributed by atoms with Gasteiger partial charge in [0.05, 0.1) is 30.7 Å². The van der Waals surface area contributed by atoms with E-state index in [9.17, 15) is 5.11 Å². The van der Waals surface area contributed by atoms with Crippen LogP contribution in [0.25, 0.3) is 0 Å². The minimum atomic E-state index is 0.196. The molecule has 0 aliphatic heterocycles. The van der Waals surface area contributed by atoms with Gasteiger partial charge in [0.1, 0.15) is 0 Å². The van der Waals surface area contributed by atoms with Crippen molar-refractivity contribution in [3.63, 3.8) is 0 Å². The Hall–Kier alpha value is -1.78. The predicted octanol–water partition coefficient (Wildman–Crippen LogP) is 2.34. The van der Waals surface area contributed by atoms with Gasteiger partial charge in [0.2, 0.25) is 0 Å². The summed E-state index contributed by atoms with van der Waals surface area (Å²) in [4.78, 5) is 0. The Labute approximate surface area is 106 Å². The average molecular weight is 246 g/mol. The molecule has 3 rings (SSSR count). The summed E-state index contributed by atoms with van der Waals surface area (Å²) in [6.07, 6.45) is 11.6. The lowest BCUT2D eigenvalue weighted by molar-refractivity contribution is 0.327. The standard InChI is InChI=1S/C13H18N4O/c18-13-8-14-16(10-13)9-11-6-7-17(15-11)12-4-2-1-3-5-12/h6-8,10,12,18H,1-5,9H2. The fourth-order valence-electron chi connectivity index (χ4n) is 2.62. The monoisotopic (exact) mass is 246 g/mol. The van der Waals surface area contributed by atoms with Crippen molar-refractivity contribution in [1.82, 2.24) is 19.6 Å². The number of aromatic nitrogens is 4. The number of hydrogen-bond acceptors (Lipinski definition) is 3. The molecule has 0 saturated heterocycles. The normalized spacial score (nSPS) is 17.1. The summed E-state index contributed by atoms with van der Waals surface area (Å²) in [5.41, 5.74) is 0.990. The Morgan fingerprint density at radius 3 is 2.83 bits per heavy atom. The molecule has 1 N–H and O–H groups in total. The van der Waals surface area contributed by atoms with Crippen molar-refractivity contribution >= 4 is 0 Å². The average Bonchev–Trinajstić information content (AvgIpc) is 3.01. The van der Waals surface area contributed by atoms with Crippen LogP contribution in [0.3, 0.4) is 0 Å². The predicted molar refractivity (Wildman–Crippen MR) is 67.3 cm³/mol. The summed E-state index contributed by atoms with van der Waals surface area (Å²) in [5.74, 6) is 0.196. The van der Waals surface area contributed by atoms with E-state index in [1.54, 1.807) is 10.9 Å². The van der Waals surface area contributed by atoms with Crippen LogP contribution in [0.1, 0.15) is 43.8 Å². The Morgan fingerprint density at radius 1 is 1.28 bits per heavy atom. The molecule has 5 heteroatoms. The van der Waals surface area contributed by atoms with Gasteiger partial charge in [-0.2, -0.15) is 10.2 Å². The van der Waals surface area contributed by atoms with E-state index in [-0.39, 0.29) is 5.75 Å². The third-order valence-electron chi connectivity index (χ3n) is 3.56. The number of hydrogen-bond donors (Lipinski definition) is 1. The Balaban J connectivity index is 1.69. The molecule has 96 valence electrons. The summed E-state index contributed by atoms with van der Waals surface area (Å²) >= 11 is 0. The van der Waals surface area contributed by atoms with E-state index < -0.39 is 0 Å². The maximum atomic E-state index is 9.23. The first kappa shape index (κ1) is 11.3. The molecule has 2 aromatic heterocycles. The second kappa shape index (κ2) is 4.84. The number of aromatic hydroxyl groups is 1. The van der Waals surface area contributed by atoms with E-state index in [0.717, 1.165) is 5.69 Å². The third-order valence-corrected chi connectivity index (χ3v) is 3.56. The van der Waals surface area contributed by atoms with Gasteiger partial charge in [0.15, 0.2) is 5.75 Å². The number of nitrogens with zero attached hydrogens (tertiary/aromatic N) is 4. The van der Waals surface area contributed by atoms with Crippen LogP contribution in [0.4, 0.5) is 0 Å². The third kappa shape index (κ3) is 2.39. The molecule has 18 heavy (non-hydrogen) atoms. The van der Waals surface area contributed by atoms with Crippen LogP contribution in [0.5, 0.6) is 5.75 Å². The molecule has 0 radical (unpaired) electrons. The molecule has 0 bridgehead atoms. The van der Waals surface area contributed by atoms with Crippen LogP contribution < -0.4 is 0 Å². The van der Waals surface area contributed by atoms with Gasteiger partial charge in [-0.3, -0.25) is 9.36 Å². The summed E-state index contributed by atoms with van der Waals surface area (Å²) in [5, 5.41) is 17.9. The van der Waals surface area contributed by atoms with Crippen molar-refractivity contribution in [2.24, 2.45) is 0 Å². The zero-order valence-corrected chi connectivity index (χ0v) is 10.4. The van der Waals surface area contributed by atoms with E-state index in [0.29, 0.717) is 12.6 Å². The molecule has 0 spiro atoms. The Kier molecular flexibility index (Phi) is 3.04. The fourth-order valence-corrected chi connectivity index (χ4v) is 2.62. The fraction of sp³-hybridized carbons (Fsp3) is 0.538. The van der Waals surface area contributed by atoms with Gasteiger partial charge in [0.25, 0.3) is 0 Å². The molecule has 1 fully saturated rings. The molecule has 5 nitrogen and oxygen atoms in total. The maximum Gasteiger partial charge on any atom is 0.153 e. The van der Waals surface area contributed by atoms with Crippen LogP contribution in [0, 0.1) is 0 Å². The second-order valence-electron chi connectivity index (χ2n) is 4.98. The molecule has 2 aromatic rings. The van der Waals surface area contributed by atoms with Crippen molar-refractivity contribution in [2.45, 2.75) is 44.7 Å². The van der Waals surface area contributed by atoms with Crippen molar-refractivity contribution in [2.75, 3.05) is 0 Å².